The second kappa shape index (κ2) is 5.04. The smallest absolute Gasteiger partial charge is 0.332 e. The van der Waals surface area contributed by atoms with Gasteiger partial charge in [-0.2, -0.15) is 0 Å². The fraction of sp³-hybridized carbons (Fsp3) is 0.286. The van der Waals surface area contributed by atoms with Crippen LogP contribution in [0.4, 0.5) is 5.69 Å². The molecule has 1 aromatic carbocycles. The highest BCUT2D eigenvalue weighted by Gasteiger charge is 2.23. The van der Waals surface area contributed by atoms with Crippen LogP contribution in [0, 0.1) is 0 Å². The molecule has 0 unspecified atom stereocenters. The first-order valence-electron chi connectivity index (χ1n) is 5.89. The summed E-state index contributed by atoms with van der Waals surface area (Å²) >= 11 is 0. The molecule has 94 valence electrons. The fourth-order valence-electron chi connectivity index (χ4n) is 2.12. The van der Waals surface area contributed by atoms with Crippen molar-refractivity contribution in [1.82, 2.24) is 0 Å². The first-order valence-corrected chi connectivity index (χ1v) is 5.89. The minimum atomic E-state index is -1.07. The van der Waals surface area contributed by atoms with Crippen molar-refractivity contribution >= 4 is 17.6 Å². The number of nitrogens with zero attached hydrogens (tertiary/aromatic N) is 1. The molecule has 1 aliphatic rings. The number of aliphatic carboxylic acids is 1. The maximum atomic E-state index is 12.0. The number of rotatable bonds is 3. The first-order chi connectivity index (χ1) is 8.59. The first kappa shape index (κ1) is 12.4. The number of carbonyl (C=O) groups excluding carboxylic acids is 1. The Kier molecular flexibility index (Phi) is 3.46. The van der Waals surface area contributed by atoms with E-state index in [2.05, 4.69) is 6.58 Å². The fourth-order valence-corrected chi connectivity index (χ4v) is 2.12. The monoisotopic (exact) mass is 245 g/mol. The Balaban J connectivity index is 2.34. The number of hydrogen-bond donors (Lipinski definition) is 1. The van der Waals surface area contributed by atoms with E-state index in [0.717, 1.165) is 24.1 Å². The van der Waals surface area contributed by atoms with Crippen LogP contribution in [-0.4, -0.2) is 23.5 Å². The largest absolute Gasteiger partial charge is 0.478 e. The molecule has 18 heavy (non-hydrogen) atoms. The number of fused-ring (bicyclic) bond motifs is 1. The summed E-state index contributed by atoms with van der Waals surface area (Å²) in [5.41, 5.74) is 1.92. The Hall–Kier alpha value is -2.10. The van der Waals surface area contributed by atoms with Crippen molar-refractivity contribution < 1.29 is 14.7 Å². The quantitative estimate of drug-likeness (QED) is 0.828. The van der Waals surface area contributed by atoms with E-state index in [4.69, 9.17) is 5.11 Å². The molecule has 4 nitrogen and oxygen atoms in total. The van der Waals surface area contributed by atoms with E-state index in [0.29, 0.717) is 6.42 Å². The highest BCUT2D eigenvalue weighted by Crippen LogP contribution is 2.27. The highest BCUT2D eigenvalue weighted by molar-refractivity contribution is 5.97. The van der Waals surface area contributed by atoms with Gasteiger partial charge in [-0.25, -0.2) is 4.79 Å². The summed E-state index contributed by atoms with van der Waals surface area (Å²) in [6.07, 6.45) is 2.09. The number of benzene rings is 1. The lowest BCUT2D eigenvalue weighted by Crippen LogP contribution is -2.33. The Labute approximate surface area is 106 Å². The number of carbonyl (C=O) groups is 2. The van der Waals surface area contributed by atoms with Gasteiger partial charge >= 0.3 is 5.97 Å². The second-order valence-electron chi connectivity index (χ2n) is 4.37. The van der Waals surface area contributed by atoms with Gasteiger partial charge in [-0.05, 0) is 24.5 Å². The standard InChI is InChI=1S/C14H15NO3/c1-10(14(17)18)9-15-12-7-3-2-5-11(12)6-4-8-13(15)16/h2-3,5,7H,1,4,6,8-9H2,(H,17,18). The van der Waals surface area contributed by atoms with Gasteiger partial charge in [0.2, 0.25) is 5.91 Å². The van der Waals surface area contributed by atoms with Gasteiger partial charge in [0.1, 0.15) is 0 Å². The van der Waals surface area contributed by atoms with Gasteiger partial charge in [-0.3, -0.25) is 4.79 Å². The Bertz CT molecular complexity index is 508. The number of anilines is 1. The van der Waals surface area contributed by atoms with Gasteiger partial charge in [-0.1, -0.05) is 24.8 Å². The van der Waals surface area contributed by atoms with Crippen LogP contribution < -0.4 is 4.90 Å². The van der Waals surface area contributed by atoms with Crippen LogP contribution in [0.15, 0.2) is 36.4 Å². The summed E-state index contributed by atoms with van der Waals surface area (Å²) in [5.74, 6) is -1.10. The maximum absolute atomic E-state index is 12.0. The average Bonchev–Trinajstić information content (AvgIpc) is 2.50. The third-order valence-corrected chi connectivity index (χ3v) is 3.07. The molecule has 0 bridgehead atoms. The molecular formula is C14H15NO3. The van der Waals surface area contributed by atoms with E-state index >= 15 is 0 Å². The Morgan fingerprint density at radius 2 is 2.06 bits per heavy atom. The minimum Gasteiger partial charge on any atom is -0.478 e. The van der Waals surface area contributed by atoms with Crippen molar-refractivity contribution in [1.29, 1.82) is 0 Å². The van der Waals surface area contributed by atoms with E-state index in [-0.39, 0.29) is 18.0 Å². The van der Waals surface area contributed by atoms with Crippen LogP contribution in [0.25, 0.3) is 0 Å². The molecule has 0 aromatic heterocycles. The van der Waals surface area contributed by atoms with Gasteiger partial charge < -0.3 is 10.0 Å². The summed E-state index contributed by atoms with van der Waals surface area (Å²) in [5, 5.41) is 8.88. The van der Waals surface area contributed by atoms with Crippen LogP contribution in [0.3, 0.4) is 0 Å². The lowest BCUT2D eigenvalue weighted by atomic mass is 10.1. The molecule has 0 fully saturated rings. The number of carboxylic acids is 1. The van der Waals surface area contributed by atoms with Crippen LogP contribution >= 0.6 is 0 Å². The van der Waals surface area contributed by atoms with Crippen molar-refractivity contribution in [3.8, 4) is 0 Å². The van der Waals surface area contributed by atoms with E-state index in [9.17, 15) is 9.59 Å². The van der Waals surface area contributed by atoms with Crippen LogP contribution in [0.5, 0.6) is 0 Å². The molecule has 0 aliphatic carbocycles. The molecule has 1 N–H and O–H groups in total. The molecule has 1 aliphatic heterocycles. The number of aryl methyl sites for hydroxylation is 1. The van der Waals surface area contributed by atoms with Crippen LogP contribution in [0.1, 0.15) is 18.4 Å². The lowest BCUT2D eigenvalue weighted by Gasteiger charge is -2.22. The topological polar surface area (TPSA) is 57.6 Å². The van der Waals surface area contributed by atoms with E-state index in [1.165, 1.54) is 4.90 Å². The molecule has 2 rings (SSSR count). The number of amides is 1. The van der Waals surface area contributed by atoms with Crippen molar-refractivity contribution in [2.45, 2.75) is 19.3 Å². The predicted octanol–water partition coefficient (Wildman–Crippen LogP) is 2.00. The summed E-state index contributed by atoms with van der Waals surface area (Å²) < 4.78 is 0. The second-order valence-corrected chi connectivity index (χ2v) is 4.37. The summed E-state index contributed by atoms with van der Waals surface area (Å²) in [4.78, 5) is 24.4. The third-order valence-electron chi connectivity index (χ3n) is 3.07. The van der Waals surface area contributed by atoms with E-state index < -0.39 is 5.97 Å². The Morgan fingerprint density at radius 1 is 1.33 bits per heavy atom. The van der Waals surface area contributed by atoms with Gasteiger partial charge in [0, 0.05) is 17.7 Å². The Morgan fingerprint density at radius 3 is 2.78 bits per heavy atom. The molecule has 1 amide bonds. The van der Waals surface area contributed by atoms with Crippen molar-refractivity contribution in [3.05, 3.63) is 42.0 Å². The normalized spacial score (nSPS) is 14.9. The number of carboxylic acid groups (broad SMARTS) is 1. The zero-order chi connectivity index (χ0) is 13.1. The molecule has 1 heterocycles. The third kappa shape index (κ3) is 2.42. The highest BCUT2D eigenvalue weighted by atomic mass is 16.4. The zero-order valence-electron chi connectivity index (χ0n) is 10.1. The average molecular weight is 245 g/mol. The van der Waals surface area contributed by atoms with E-state index in [1.807, 2.05) is 24.3 Å². The molecule has 4 heteroatoms. The van der Waals surface area contributed by atoms with Gasteiger partial charge in [-0.15, -0.1) is 0 Å². The maximum Gasteiger partial charge on any atom is 0.332 e. The van der Waals surface area contributed by atoms with Crippen molar-refractivity contribution in [3.63, 3.8) is 0 Å². The van der Waals surface area contributed by atoms with Crippen LogP contribution in [-0.2, 0) is 16.0 Å². The number of hydrogen-bond acceptors (Lipinski definition) is 2. The molecule has 0 spiro atoms. The zero-order valence-corrected chi connectivity index (χ0v) is 10.1. The predicted molar refractivity (Wildman–Crippen MR) is 68.5 cm³/mol. The summed E-state index contributed by atoms with van der Waals surface area (Å²) in [6, 6.07) is 7.62. The SMILES string of the molecule is C=C(CN1C(=O)CCCc2ccccc21)C(=O)O. The van der Waals surface area contributed by atoms with Gasteiger partial charge in [0.05, 0.1) is 6.54 Å². The van der Waals surface area contributed by atoms with Gasteiger partial charge in [0.15, 0.2) is 0 Å². The number of para-hydroxylation sites is 1. The van der Waals surface area contributed by atoms with E-state index in [1.54, 1.807) is 0 Å². The summed E-state index contributed by atoms with van der Waals surface area (Å²) in [6.45, 7) is 3.54. The molecule has 0 radical (unpaired) electrons. The molecule has 0 atom stereocenters. The summed E-state index contributed by atoms with van der Waals surface area (Å²) in [7, 11) is 0. The van der Waals surface area contributed by atoms with Crippen molar-refractivity contribution in [2.24, 2.45) is 0 Å². The minimum absolute atomic E-state index is 0.0278. The molecule has 0 saturated carbocycles. The molecule has 1 aromatic rings. The van der Waals surface area contributed by atoms with Crippen LogP contribution in [0.2, 0.25) is 0 Å². The molecule has 0 saturated heterocycles. The molecular weight excluding hydrogens is 230 g/mol. The van der Waals surface area contributed by atoms with Crippen molar-refractivity contribution in [2.75, 3.05) is 11.4 Å². The van der Waals surface area contributed by atoms with Gasteiger partial charge in [0.25, 0.3) is 0 Å². The lowest BCUT2D eigenvalue weighted by molar-refractivity contribution is -0.132.